The molecule has 0 unspecified atom stereocenters. The summed E-state index contributed by atoms with van der Waals surface area (Å²) in [6.07, 6.45) is 1.70. The Balaban J connectivity index is 1.88. The first kappa shape index (κ1) is 19.9. The summed E-state index contributed by atoms with van der Waals surface area (Å²) in [5.41, 5.74) is 10.0. The number of nitrogens with two attached hydrogens (primary N) is 1. The fourth-order valence-corrected chi connectivity index (χ4v) is 3.39. The molecule has 0 aliphatic rings. The maximum atomic E-state index is 14.6. The molecule has 30 heavy (non-hydrogen) atoms. The maximum absolute atomic E-state index is 14.6. The van der Waals surface area contributed by atoms with Crippen molar-refractivity contribution in [2.75, 3.05) is 0 Å². The summed E-state index contributed by atoms with van der Waals surface area (Å²) >= 11 is 6.09. The number of hydrogen-bond donors (Lipinski definition) is 1. The minimum Gasteiger partial charge on any atom is -0.418 e. The Kier molecular flexibility index (Phi) is 5.68. The first-order valence-electron chi connectivity index (χ1n) is 9.26. The highest BCUT2D eigenvalue weighted by Crippen LogP contribution is 2.29. The lowest BCUT2D eigenvalue weighted by molar-refractivity contribution is 0.614. The molecule has 4 aromatic rings. The van der Waals surface area contributed by atoms with Gasteiger partial charge in [0, 0.05) is 23.3 Å². The molecule has 4 rings (SSSR count). The van der Waals surface area contributed by atoms with Crippen LogP contribution < -0.4 is 5.73 Å². The monoisotopic (exact) mass is 414 g/mol. The number of hydrogen-bond acceptors (Lipinski definition) is 4. The molecule has 146 valence electrons. The van der Waals surface area contributed by atoms with E-state index in [4.69, 9.17) is 25.3 Å². The fraction of sp³-hybridized carbons (Fsp3) is 0.0435. The SMILES string of the molecule is [B]N(Cc1ccccc1)/C(=C(\N)c1cc(Cl)ccc1F)c1ccc2ncccc2n1. The van der Waals surface area contributed by atoms with Crippen LogP contribution in [0, 0.1) is 5.82 Å². The molecule has 2 N–H and O–H groups in total. The minimum atomic E-state index is -0.495. The van der Waals surface area contributed by atoms with Gasteiger partial charge in [0.05, 0.1) is 28.1 Å². The molecule has 4 nitrogen and oxygen atoms in total. The molecule has 0 saturated carbocycles. The summed E-state index contributed by atoms with van der Waals surface area (Å²) < 4.78 is 14.6. The van der Waals surface area contributed by atoms with Gasteiger partial charge < -0.3 is 10.5 Å². The Morgan fingerprint density at radius 2 is 1.80 bits per heavy atom. The first-order valence-corrected chi connectivity index (χ1v) is 9.64. The molecule has 0 aliphatic heterocycles. The van der Waals surface area contributed by atoms with E-state index in [1.54, 1.807) is 18.3 Å². The third kappa shape index (κ3) is 4.14. The van der Waals surface area contributed by atoms with Crippen LogP contribution in [0.1, 0.15) is 16.8 Å². The van der Waals surface area contributed by atoms with Gasteiger partial charge in [0.15, 0.2) is 0 Å². The van der Waals surface area contributed by atoms with Crippen molar-refractivity contribution in [2.24, 2.45) is 5.73 Å². The van der Waals surface area contributed by atoms with Gasteiger partial charge in [-0.25, -0.2) is 9.37 Å². The molecule has 2 heterocycles. The van der Waals surface area contributed by atoms with Crippen LogP contribution in [0.15, 0.2) is 79.0 Å². The quantitative estimate of drug-likeness (QED) is 0.477. The summed E-state index contributed by atoms with van der Waals surface area (Å²) in [5.74, 6) is -0.495. The van der Waals surface area contributed by atoms with Crippen LogP contribution >= 0.6 is 11.6 Å². The zero-order chi connectivity index (χ0) is 21.1. The molecule has 2 radical (unpaired) electrons. The second-order valence-electron chi connectivity index (χ2n) is 6.74. The Bertz CT molecular complexity index is 1230. The minimum absolute atomic E-state index is 0.143. The number of nitrogens with zero attached hydrogens (tertiary/aromatic N) is 3. The van der Waals surface area contributed by atoms with Gasteiger partial charge in [-0.3, -0.25) is 4.98 Å². The average molecular weight is 415 g/mol. The topological polar surface area (TPSA) is 55.0 Å². The van der Waals surface area contributed by atoms with Gasteiger partial charge in [-0.05, 0) is 48.0 Å². The van der Waals surface area contributed by atoms with E-state index in [1.165, 1.54) is 23.0 Å². The summed E-state index contributed by atoms with van der Waals surface area (Å²) in [4.78, 5) is 10.4. The normalized spacial score (nSPS) is 11.9. The zero-order valence-corrected chi connectivity index (χ0v) is 16.7. The molecule has 0 atom stereocenters. The van der Waals surface area contributed by atoms with E-state index in [2.05, 4.69) is 9.97 Å². The largest absolute Gasteiger partial charge is 0.418 e. The van der Waals surface area contributed by atoms with Gasteiger partial charge in [-0.1, -0.05) is 41.9 Å². The van der Waals surface area contributed by atoms with Gasteiger partial charge in [0.25, 0.3) is 0 Å². The maximum Gasteiger partial charge on any atom is 0.227 e. The average Bonchev–Trinajstić information content (AvgIpc) is 2.76. The molecular weight excluding hydrogens is 398 g/mol. The van der Waals surface area contributed by atoms with Crippen LogP contribution in [-0.4, -0.2) is 22.8 Å². The molecule has 7 heteroatoms. The molecule has 2 aromatic carbocycles. The van der Waals surface area contributed by atoms with Gasteiger partial charge in [0.1, 0.15) is 5.82 Å². The van der Waals surface area contributed by atoms with Crippen molar-refractivity contribution in [3.8, 4) is 0 Å². The lowest BCUT2D eigenvalue weighted by Gasteiger charge is -2.26. The van der Waals surface area contributed by atoms with Crippen LogP contribution in [0.2, 0.25) is 5.02 Å². The van der Waals surface area contributed by atoms with Crippen molar-refractivity contribution in [3.05, 3.63) is 107 Å². The van der Waals surface area contributed by atoms with Gasteiger partial charge in [0.2, 0.25) is 7.98 Å². The predicted octanol–water partition coefficient (Wildman–Crippen LogP) is 4.79. The highest BCUT2D eigenvalue weighted by molar-refractivity contribution is 6.30. The number of aromatic nitrogens is 2. The standard InChI is InChI=1S/C23H17BClFN4/c24-30(14-15-5-2-1-3-6-15)23(22(27)17-13-16(25)8-9-18(17)26)21-11-10-19-20(29-21)7-4-12-28-19/h1-13H,14,27H2/b23-22-. The van der Waals surface area contributed by atoms with Crippen molar-refractivity contribution in [3.63, 3.8) is 0 Å². The van der Waals surface area contributed by atoms with Crippen molar-refractivity contribution in [2.45, 2.75) is 6.54 Å². The second-order valence-corrected chi connectivity index (χ2v) is 7.17. The summed E-state index contributed by atoms with van der Waals surface area (Å²) in [7, 11) is 6.44. The predicted molar refractivity (Wildman–Crippen MR) is 120 cm³/mol. The number of rotatable bonds is 5. The van der Waals surface area contributed by atoms with E-state index < -0.39 is 5.82 Å². The van der Waals surface area contributed by atoms with E-state index in [9.17, 15) is 4.39 Å². The van der Waals surface area contributed by atoms with Crippen molar-refractivity contribution < 1.29 is 4.39 Å². The molecule has 0 bridgehead atoms. The number of halogens is 2. The Labute approximate surface area is 180 Å². The number of fused-ring (bicyclic) bond motifs is 1. The molecule has 0 spiro atoms. The van der Waals surface area contributed by atoms with E-state index in [0.717, 1.165) is 11.1 Å². The van der Waals surface area contributed by atoms with E-state index in [-0.39, 0.29) is 11.3 Å². The van der Waals surface area contributed by atoms with Crippen LogP contribution in [0.5, 0.6) is 0 Å². The smallest absolute Gasteiger partial charge is 0.227 e. The molecular formula is C23H17BClFN4. The van der Waals surface area contributed by atoms with Gasteiger partial charge >= 0.3 is 0 Å². The fourth-order valence-electron chi connectivity index (χ4n) is 3.22. The van der Waals surface area contributed by atoms with E-state index in [0.29, 0.717) is 28.5 Å². The van der Waals surface area contributed by atoms with Crippen LogP contribution in [0.4, 0.5) is 4.39 Å². The molecule has 0 saturated heterocycles. The Morgan fingerprint density at radius 3 is 2.60 bits per heavy atom. The summed E-state index contributed by atoms with van der Waals surface area (Å²) in [6.45, 7) is 0.353. The lowest BCUT2D eigenvalue weighted by atomic mass is 10.0. The lowest BCUT2D eigenvalue weighted by Crippen LogP contribution is -2.22. The number of benzene rings is 2. The third-order valence-corrected chi connectivity index (χ3v) is 4.89. The van der Waals surface area contributed by atoms with Crippen molar-refractivity contribution in [1.29, 1.82) is 0 Å². The van der Waals surface area contributed by atoms with Crippen LogP contribution in [0.25, 0.3) is 22.4 Å². The molecule has 0 aliphatic carbocycles. The molecule has 2 aromatic heterocycles. The zero-order valence-electron chi connectivity index (χ0n) is 16.0. The van der Waals surface area contributed by atoms with Crippen molar-refractivity contribution >= 4 is 42.0 Å². The molecule has 0 fully saturated rings. The van der Waals surface area contributed by atoms with Crippen LogP contribution in [0.3, 0.4) is 0 Å². The highest BCUT2D eigenvalue weighted by Gasteiger charge is 2.18. The van der Waals surface area contributed by atoms with Gasteiger partial charge in [-0.2, -0.15) is 0 Å². The van der Waals surface area contributed by atoms with E-state index >= 15 is 0 Å². The van der Waals surface area contributed by atoms with Crippen molar-refractivity contribution in [1.82, 2.24) is 14.8 Å². The summed E-state index contributed by atoms with van der Waals surface area (Å²) in [5, 5.41) is 0.371. The molecule has 0 amide bonds. The first-order chi connectivity index (χ1) is 14.5. The van der Waals surface area contributed by atoms with Gasteiger partial charge in [-0.15, -0.1) is 0 Å². The Hall–Kier alpha value is -3.38. The highest BCUT2D eigenvalue weighted by atomic mass is 35.5. The van der Waals surface area contributed by atoms with E-state index in [1.807, 2.05) is 42.5 Å². The van der Waals surface area contributed by atoms with Crippen LogP contribution in [-0.2, 0) is 6.54 Å². The summed E-state index contributed by atoms with van der Waals surface area (Å²) in [6, 6.07) is 21.1. The second kappa shape index (κ2) is 8.55. The Morgan fingerprint density at radius 1 is 1.00 bits per heavy atom. The third-order valence-electron chi connectivity index (χ3n) is 4.66. The number of pyridine rings is 2.